The molecule has 0 aromatic heterocycles. The minimum absolute atomic E-state index is 0.0521. The lowest BCUT2D eigenvalue weighted by molar-refractivity contribution is -0.138. The summed E-state index contributed by atoms with van der Waals surface area (Å²) < 4.78 is 84.5. The maximum absolute atomic E-state index is 13.2. The SMILES string of the molecule is [C-]#[N+]c1ccc(C(F)(F)F)cc1NC(=O)[C@H]1[C@H](c2cccc(C(F)(F)F)c2)[C@@H]2O[C@H]1C[C@H]2O. The molecule has 0 unspecified atom stereocenters. The Morgan fingerprint density at radius 1 is 1.06 bits per heavy atom. The third-order valence-corrected chi connectivity index (χ3v) is 5.93. The highest BCUT2D eigenvalue weighted by Crippen LogP contribution is 2.50. The molecule has 0 saturated carbocycles. The van der Waals surface area contributed by atoms with E-state index in [1.807, 2.05) is 0 Å². The van der Waals surface area contributed by atoms with Crippen LogP contribution < -0.4 is 5.32 Å². The van der Waals surface area contributed by atoms with Gasteiger partial charge >= 0.3 is 12.4 Å². The van der Waals surface area contributed by atoms with Crippen LogP contribution in [0.1, 0.15) is 29.0 Å². The number of alkyl halides is 6. The molecule has 0 spiro atoms. The first-order valence-electron chi connectivity index (χ1n) is 9.80. The molecular formula is C22H16F6N2O3. The first-order chi connectivity index (χ1) is 15.4. The molecule has 2 fully saturated rings. The van der Waals surface area contributed by atoms with Gasteiger partial charge in [0.15, 0.2) is 0 Å². The van der Waals surface area contributed by atoms with Crippen molar-refractivity contribution in [2.45, 2.75) is 43.0 Å². The van der Waals surface area contributed by atoms with Crippen molar-refractivity contribution in [2.75, 3.05) is 5.32 Å². The van der Waals surface area contributed by atoms with Crippen LogP contribution in [0.4, 0.5) is 37.7 Å². The molecule has 0 radical (unpaired) electrons. The molecule has 2 bridgehead atoms. The summed E-state index contributed by atoms with van der Waals surface area (Å²) >= 11 is 0. The van der Waals surface area contributed by atoms with E-state index in [0.717, 1.165) is 18.2 Å². The summed E-state index contributed by atoms with van der Waals surface area (Å²) in [5.41, 5.74) is -2.48. The fourth-order valence-electron chi connectivity index (χ4n) is 4.49. The number of fused-ring (bicyclic) bond motifs is 2. The summed E-state index contributed by atoms with van der Waals surface area (Å²) in [4.78, 5) is 16.2. The van der Waals surface area contributed by atoms with Gasteiger partial charge in [-0.25, -0.2) is 4.85 Å². The summed E-state index contributed by atoms with van der Waals surface area (Å²) in [5, 5.41) is 12.6. The van der Waals surface area contributed by atoms with Gasteiger partial charge in [0.1, 0.15) is 0 Å². The number of rotatable bonds is 3. The lowest BCUT2D eigenvalue weighted by Gasteiger charge is -2.30. The predicted octanol–water partition coefficient (Wildman–Crippen LogP) is 5.15. The number of hydrogen-bond donors (Lipinski definition) is 2. The average molecular weight is 470 g/mol. The van der Waals surface area contributed by atoms with Gasteiger partial charge in [-0.15, -0.1) is 0 Å². The second-order valence-corrected chi connectivity index (χ2v) is 7.95. The number of amides is 1. The molecule has 5 atom stereocenters. The number of carbonyl (C=O) groups excluding carboxylic acids is 1. The van der Waals surface area contributed by atoms with E-state index in [-0.39, 0.29) is 23.4 Å². The maximum atomic E-state index is 13.2. The smallest absolute Gasteiger partial charge is 0.390 e. The van der Waals surface area contributed by atoms with Gasteiger partial charge < -0.3 is 15.2 Å². The standard InChI is InChI=1S/C22H16F6N2O3/c1-29-13-6-5-12(22(26,27)28)8-14(13)30-20(32)18-16-9-15(31)19(33-16)17(18)10-3-2-4-11(7-10)21(23,24)25/h2-8,15-19,31H,9H2,(H,30,32)/t15-,16+,17+,18-,19-/m1/s1. The predicted molar refractivity (Wildman–Crippen MR) is 103 cm³/mol. The van der Waals surface area contributed by atoms with Crippen molar-refractivity contribution < 1.29 is 41.0 Å². The molecule has 2 aromatic rings. The van der Waals surface area contributed by atoms with E-state index in [4.69, 9.17) is 11.3 Å². The highest BCUT2D eigenvalue weighted by molar-refractivity contribution is 5.97. The van der Waals surface area contributed by atoms with E-state index in [0.29, 0.717) is 12.1 Å². The summed E-state index contributed by atoms with van der Waals surface area (Å²) in [6.45, 7) is 7.16. The lowest BCUT2D eigenvalue weighted by atomic mass is 9.73. The van der Waals surface area contributed by atoms with Crippen LogP contribution in [0.3, 0.4) is 0 Å². The largest absolute Gasteiger partial charge is 0.416 e. The highest BCUT2D eigenvalue weighted by atomic mass is 19.4. The van der Waals surface area contributed by atoms with Crippen LogP contribution in [0.25, 0.3) is 4.85 Å². The number of benzene rings is 2. The molecule has 1 amide bonds. The Morgan fingerprint density at radius 2 is 1.73 bits per heavy atom. The second-order valence-electron chi connectivity index (χ2n) is 7.95. The molecule has 2 saturated heterocycles. The Bertz CT molecular complexity index is 1120. The van der Waals surface area contributed by atoms with Crippen molar-refractivity contribution in [3.63, 3.8) is 0 Å². The fraction of sp³-hybridized carbons (Fsp3) is 0.364. The van der Waals surface area contributed by atoms with Crippen LogP contribution in [-0.2, 0) is 21.9 Å². The molecule has 33 heavy (non-hydrogen) atoms. The zero-order valence-electron chi connectivity index (χ0n) is 16.6. The molecule has 4 rings (SSSR count). The van der Waals surface area contributed by atoms with Gasteiger partial charge in [0.2, 0.25) is 11.6 Å². The van der Waals surface area contributed by atoms with Crippen molar-refractivity contribution in [1.82, 2.24) is 0 Å². The molecule has 11 heteroatoms. The minimum atomic E-state index is -4.71. The highest BCUT2D eigenvalue weighted by Gasteiger charge is 2.57. The Balaban J connectivity index is 1.68. The van der Waals surface area contributed by atoms with Gasteiger partial charge in [-0.05, 0) is 17.7 Å². The van der Waals surface area contributed by atoms with Crippen LogP contribution in [0.15, 0.2) is 42.5 Å². The number of ether oxygens (including phenoxy) is 1. The van der Waals surface area contributed by atoms with Crippen LogP contribution in [-0.4, -0.2) is 29.3 Å². The lowest BCUT2D eigenvalue weighted by Crippen LogP contribution is -2.41. The van der Waals surface area contributed by atoms with Gasteiger partial charge in [0.25, 0.3) is 0 Å². The Morgan fingerprint density at radius 3 is 2.36 bits per heavy atom. The Hall–Kier alpha value is -3.10. The van der Waals surface area contributed by atoms with Crippen LogP contribution >= 0.6 is 0 Å². The van der Waals surface area contributed by atoms with Gasteiger partial charge in [-0.2, -0.15) is 26.3 Å². The third kappa shape index (κ3) is 4.28. The van der Waals surface area contributed by atoms with E-state index < -0.39 is 59.5 Å². The van der Waals surface area contributed by atoms with Crippen LogP contribution in [0, 0.1) is 12.5 Å². The molecule has 174 valence electrons. The summed E-state index contributed by atoms with van der Waals surface area (Å²) in [5.74, 6) is -2.83. The zero-order chi connectivity index (χ0) is 24.1. The van der Waals surface area contributed by atoms with E-state index in [1.165, 1.54) is 12.1 Å². The molecule has 2 N–H and O–H groups in total. The van der Waals surface area contributed by atoms with E-state index in [2.05, 4.69) is 10.2 Å². The molecule has 5 nitrogen and oxygen atoms in total. The Labute approximate surface area is 183 Å². The molecule has 0 aliphatic carbocycles. The van der Waals surface area contributed by atoms with Crippen molar-refractivity contribution in [3.8, 4) is 0 Å². The number of nitrogens with zero attached hydrogens (tertiary/aromatic N) is 1. The first kappa shape index (κ1) is 23.1. The molecule has 2 aromatic carbocycles. The Kier molecular flexibility index (Phi) is 5.62. The van der Waals surface area contributed by atoms with Crippen LogP contribution in [0.2, 0.25) is 0 Å². The first-order valence-corrected chi connectivity index (χ1v) is 9.80. The number of halogens is 6. The van der Waals surface area contributed by atoms with Gasteiger partial charge in [-0.3, -0.25) is 4.79 Å². The minimum Gasteiger partial charge on any atom is -0.390 e. The fourth-order valence-corrected chi connectivity index (χ4v) is 4.49. The number of nitrogens with one attached hydrogen (secondary N) is 1. The summed E-state index contributed by atoms with van der Waals surface area (Å²) in [7, 11) is 0. The summed E-state index contributed by atoms with van der Waals surface area (Å²) in [6, 6.07) is 6.57. The molecule has 2 aliphatic rings. The normalized spacial score (nSPS) is 26.8. The molecule has 2 aliphatic heterocycles. The van der Waals surface area contributed by atoms with Crippen LogP contribution in [0.5, 0.6) is 0 Å². The van der Waals surface area contributed by atoms with E-state index in [1.54, 1.807) is 0 Å². The average Bonchev–Trinajstić information content (AvgIpc) is 3.29. The van der Waals surface area contributed by atoms with Gasteiger partial charge in [-0.1, -0.05) is 30.3 Å². The second kappa shape index (κ2) is 8.04. The molecular weight excluding hydrogens is 454 g/mol. The number of aliphatic hydroxyl groups excluding tert-OH is 1. The van der Waals surface area contributed by atoms with Gasteiger partial charge in [0, 0.05) is 18.0 Å². The van der Waals surface area contributed by atoms with Crippen molar-refractivity contribution in [3.05, 3.63) is 70.6 Å². The monoisotopic (exact) mass is 470 g/mol. The number of carbonyl (C=O) groups is 1. The van der Waals surface area contributed by atoms with E-state index >= 15 is 0 Å². The quantitative estimate of drug-likeness (QED) is 0.482. The van der Waals surface area contributed by atoms with Crippen molar-refractivity contribution >= 4 is 17.3 Å². The zero-order valence-corrected chi connectivity index (χ0v) is 16.6. The number of hydrogen-bond acceptors (Lipinski definition) is 3. The maximum Gasteiger partial charge on any atom is 0.416 e. The van der Waals surface area contributed by atoms with Crippen molar-refractivity contribution in [2.24, 2.45) is 5.92 Å². The number of aliphatic hydroxyl groups is 1. The number of anilines is 1. The van der Waals surface area contributed by atoms with Crippen molar-refractivity contribution in [1.29, 1.82) is 0 Å². The molecule has 2 heterocycles. The van der Waals surface area contributed by atoms with E-state index in [9.17, 15) is 36.2 Å². The van der Waals surface area contributed by atoms with Gasteiger partial charge in [0.05, 0.1) is 41.9 Å². The summed E-state index contributed by atoms with van der Waals surface area (Å²) in [6.07, 6.45) is -12.1. The topological polar surface area (TPSA) is 62.9 Å². The third-order valence-electron chi connectivity index (χ3n) is 5.93.